The quantitative estimate of drug-likeness (QED) is 0.151. The zero-order chi connectivity index (χ0) is 26.7. The zero-order valence-electron chi connectivity index (χ0n) is 23.8. The summed E-state index contributed by atoms with van der Waals surface area (Å²) in [6.07, 6.45) is 20.5. The number of rotatable bonds is 19. The molecule has 0 atom stereocenters. The van der Waals surface area contributed by atoms with Crippen LogP contribution in [0.3, 0.4) is 0 Å². The minimum Gasteiger partial charge on any atom is -1.00 e. The second-order valence-corrected chi connectivity index (χ2v) is 10.3. The number of para-hydroxylation sites is 1. The molecular formula is C34H47BrN2O2. The first-order valence-electron chi connectivity index (χ1n) is 14.8. The van der Waals surface area contributed by atoms with E-state index in [0.29, 0.717) is 13.0 Å². The molecule has 0 aliphatic heterocycles. The van der Waals surface area contributed by atoms with Gasteiger partial charge in [-0.25, -0.2) is 4.57 Å². The number of ether oxygens (including phenoxy) is 1. The van der Waals surface area contributed by atoms with Gasteiger partial charge in [-0.15, -0.1) is 0 Å². The highest BCUT2D eigenvalue weighted by Gasteiger charge is 2.11. The number of benzene rings is 2. The summed E-state index contributed by atoms with van der Waals surface area (Å²) in [6, 6.07) is 21.9. The summed E-state index contributed by atoms with van der Waals surface area (Å²) in [7, 11) is 0. The van der Waals surface area contributed by atoms with Gasteiger partial charge in [-0.2, -0.15) is 0 Å². The highest BCUT2D eigenvalue weighted by atomic mass is 79.9. The summed E-state index contributed by atoms with van der Waals surface area (Å²) in [4.78, 5) is 12.7. The summed E-state index contributed by atoms with van der Waals surface area (Å²) >= 11 is 0. The number of hydrogen-bond acceptors (Lipinski definition) is 2. The molecule has 2 aromatic carbocycles. The van der Waals surface area contributed by atoms with Gasteiger partial charge in [0, 0.05) is 17.7 Å². The maximum atomic E-state index is 12.7. The van der Waals surface area contributed by atoms with Crippen molar-refractivity contribution in [3.05, 3.63) is 90.3 Å². The van der Waals surface area contributed by atoms with Gasteiger partial charge in [-0.1, -0.05) is 114 Å². The first kappa shape index (κ1) is 32.6. The number of amides is 1. The number of anilines is 1. The minimum absolute atomic E-state index is 0. The molecule has 3 rings (SSSR count). The van der Waals surface area contributed by atoms with Gasteiger partial charge in [0.2, 0.25) is 5.91 Å². The van der Waals surface area contributed by atoms with E-state index in [2.05, 4.69) is 22.9 Å². The molecule has 0 saturated heterocycles. The molecule has 5 heteroatoms. The van der Waals surface area contributed by atoms with E-state index < -0.39 is 0 Å². The number of carbonyl (C=O) groups is 1. The topological polar surface area (TPSA) is 42.2 Å². The minimum atomic E-state index is -0.0133. The molecule has 0 radical (unpaired) electrons. The first-order valence-corrected chi connectivity index (χ1v) is 14.8. The fraction of sp³-hybridized carbons (Fsp3) is 0.471. The van der Waals surface area contributed by atoms with Crippen molar-refractivity contribution in [3.63, 3.8) is 0 Å². The molecule has 0 spiro atoms. The Morgan fingerprint density at radius 2 is 1.31 bits per heavy atom. The lowest BCUT2D eigenvalue weighted by Crippen LogP contribution is -3.00. The Bertz CT molecular complexity index is 1040. The van der Waals surface area contributed by atoms with Crippen LogP contribution in [-0.2, 0) is 17.8 Å². The third-order valence-corrected chi connectivity index (χ3v) is 6.98. The van der Waals surface area contributed by atoms with Crippen molar-refractivity contribution < 1.29 is 31.1 Å². The number of nitrogens with zero attached hydrogens (tertiary/aromatic N) is 1. The van der Waals surface area contributed by atoms with E-state index in [0.717, 1.165) is 35.6 Å². The lowest BCUT2D eigenvalue weighted by atomic mass is 10.1. The maximum Gasteiger partial charge on any atom is 0.228 e. The Balaban J connectivity index is 0.00000533. The van der Waals surface area contributed by atoms with Crippen molar-refractivity contribution >= 4 is 11.6 Å². The van der Waals surface area contributed by atoms with Crippen LogP contribution in [0.15, 0.2) is 79.1 Å². The fourth-order valence-electron chi connectivity index (χ4n) is 4.73. The molecule has 1 amide bonds. The first-order chi connectivity index (χ1) is 18.7. The molecule has 0 aliphatic rings. The standard InChI is InChI=1S/C34H46N2O2.BrH/c1-2-3-4-5-6-7-8-9-10-11-12-18-27-38-32-23-21-30(22-24-32)28-34(37)35-33-20-15-14-19-31(33)29-36-25-16-13-17-26-36;/h13-17,19-26H,2-12,18,27-29H2,1H3;1H. The normalized spacial score (nSPS) is 10.6. The van der Waals surface area contributed by atoms with Crippen molar-refractivity contribution in [1.29, 1.82) is 0 Å². The zero-order valence-corrected chi connectivity index (χ0v) is 25.3. The van der Waals surface area contributed by atoms with Crippen LogP contribution in [0.25, 0.3) is 0 Å². The van der Waals surface area contributed by atoms with Gasteiger partial charge in [0.15, 0.2) is 18.9 Å². The molecule has 1 heterocycles. The van der Waals surface area contributed by atoms with E-state index in [1.807, 2.05) is 73.1 Å². The summed E-state index contributed by atoms with van der Waals surface area (Å²) in [5, 5.41) is 3.09. The SMILES string of the molecule is CCCCCCCCCCCCCCOc1ccc(CC(=O)Nc2ccccc2C[n+]2ccccc2)cc1.[Br-]. The Morgan fingerprint density at radius 1 is 0.718 bits per heavy atom. The largest absolute Gasteiger partial charge is 1.00 e. The van der Waals surface area contributed by atoms with Gasteiger partial charge >= 0.3 is 0 Å². The van der Waals surface area contributed by atoms with Crippen LogP contribution in [0.5, 0.6) is 5.75 Å². The third-order valence-electron chi connectivity index (χ3n) is 6.98. The van der Waals surface area contributed by atoms with Crippen LogP contribution >= 0.6 is 0 Å². The predicted molar refractivity (Wildman–Crippen MR) is 158 cm³/mol. The summed E-state index contributed by atoms with van der Waals surface area (Å²) in [5.41, 5.74) is 2.92. The number of nitrogens with one attached hydrogen (secondary N) is 1. The monoisotopic (exact) mass is 594 g/mol. The van der Waals surface area contributed by atoms with Gasteiger partial charge in [0.25, 0.3) is 0 Å². The smallest absolute Gasteiger partial charge is 0.228 e. The van der Waals surface area contributed by atoms with Crippen LogP contribution in [0, 0.1) is 0 Å². The number of unbranched alkanes of at least 4 members (excludes halogenated alkanes) is 11. The van der Waals surface area contributed by atoms with Crippen molar-refractivity contribution in [2.75, 3.05) is 11.9 Å². The second kappa shape index (κ2) is 20.3. The van der Waals surface area contributed by atoms with E-state index in [-0.39, 0.29) is 22.9 Å². The average Bonchev–Trinajstić information content (AvgIpc) is 2.94. The molecule has 0 unspecified atom stereocenters. The maximum absolute atomic E-state index is 12.7. The number of halogens is 1. The van der Waals surface area contributed by atoms with Gasteiger partial charge in [-0.3, -0.25) is 4.79 Å². The summed E-state index contributed by atoms with van der Waals surface area (Å²) in [6.45, 7) is 3.74. The molecule has 4 nitrogen and oxygen atoms in total. The number of hydrogen-bond donors (Lipinski definition) is 1. The molecule has 1 aromatic heterocycles. The molecule has 1 N–H and O–H groups in total. The van der Waals surface area contributed by atoms with E-state index >= 15 is 0 Å². The van der Waals surface area contributed by atoms with E-state index in [1.165, 1.54) is 70.6 Å². The van der Waals surface area contributed by atoms with Crippen LogP contribution in [0.1, 0.15) is 95.1 Å². The molecular weight excluding hydrogens is 548 g/mol. The molecule has 39 heavy (non-hydrogen) atoms. The lowest BCUT2D eigenvalue weighted by molar-refractivity contribution is -0.688. The van der Waals surface area contributed by atoms with Crippen LogP contribution in [-0.4, -0.2) is 12.5 Å². The summed E-state index contributed by atoms with van der Waals surface area (Å²) in [5.74, 6) is 0.864. The van der Waals surface area contributed by atoms with Gasteiger partial charge in [0.1, 0.15) is 5.75 Å². The average molecular weight is 596 g/mol. The van der Waals surface area contributed by atoms with Gasteiger partial charge in [0.05, 0.1) is 18.7 Å². The third kappa shape index (κ3) is 13.8. The number of carbonyl (C=O) groups excluding carboxylic acids is 1. The molecule has 0 saturated carbocycles. The number of pyridine rings is 1. The van der Waals surface area contributed by atoms with Crippen molar-refractivity contribution in [2.24, 2.45) is 0 Å². The second-order valence-electron chi connectivity index (χ2n) is 10.3. The van der Waals surface area contributed by atoms with Gasteiger partial charge < -0.3 is 27.0 Å². The molecule has 0 aliphatic carbocycles. The Morgan fingerprint density at radius 3 is 1.95 bits per heavy atom. The van der Waals surface area contributed by atoms with Crippen LogP contribution < -0.4 is 31.6 Å². The summed E-state index contributed by atoms with van der Waals surface area (Å²) < 4.78 is 8.02. The Hall–Kier alpha value is -2.66. The van der Waals surface area contributed by atoms with Gasteiger partial charge in [-0.05, 0) is 30.2 Å². The molecule has 0 bridgehead atoms. The molecule has 212 valence electrons. The van der Waals surface area contributed by atoms with Crippen molar-refractivity contribution in [1.82, 2.24) is 0 Å². The highest BCUT2D eigenvalue weighted by molar-refractivity contribution is 5.93. The fourth-order valence-corrected chi connectivity index (χ4v) is 4.73. The Kier molecular flexibility index (Phi) is 16.9. The molecule has 3 aromatic rings. The van der Waals surface area contributed by atoms with Crippen LogP contribution in [0.2, 0.25) is 0 Å². The predicted octanol–water partition coefficient (Wildman–Crippen LogP) is 5.29. The van der Waals surface area contributed by atoms with E-state index in [9.17, 15) is 4.79 Å². The lowest BCUT2D eigenvalue weighted by Gasteiger charge is -2.10. The van der Waals surface area contributed by atoms with Crippen LogP contribution in [0.4, 0.5) is 5.69 Å². The Labute approximate surface area is 247 Å². The molecule has 0 fully saturated rings. The van der Waals surface area contributed by atoms with Crippen molar-refractivity contribution in [3.8, 4) is 5.75 Å². The van der Waals surface area contributed by atoms with Crippen molar-refractivity contribution in [2.45, 2.75) is 96.9 Å². The highest BCUT2D eigenvalue weighted by Crippen LogP contribution is 2.17. The van der Waals surface area contributed by atoms with E-state index in [4.69, 9.17) is 4.74 Å². The number of aromatic nitrogens is 1. The van der Waals surface area contributed by atoms with E-state index in [1.54, 1.807) is 0 Å².